The Morgan fingerprint density at radius 1 is 0.966 bits per heavy atom. The molecular weight excluding hydrogens is 386 g/mol. The van der Waals surface area contributed by atoms with E-state index in [9.17, 15) is 13.2 Å². The van der Waals surface area contributed by atoms with E-state index in [0.717, 1.165) is 16.8 Å². The van der Waals surface area contributed by atoms with Crippen LogP contribution in [0, 0.1) is 20.8 Å². The van der Waals surface area contributed by atoms with Crippen molar-refractivity contribution in [1.29, 1.82) is 0 Å². The van der Waals surface area contributed by atoms with Crippen LogP contribution in [0.15, 0.2) is 65.7 Å². The maximum absolute atomic E-state index is 13.0. The molecule has 6 nitrogen and oxygen atoms in total. The molecule has 0 saturated carbocycles. The molecule has 150 valence electrons. The van der Waals surface area contributed by atoms with Gasteiger partial charge in [0.1, 0.15) is 0 Å². The summed E-state index contributed by atoms with van der Waals surface area (Å²) in [6.45, 7) is 5.75. The zero-order chi connectivity index (χ0) is 21.0. The number of nitrogens with zero attached hydrogens (tertiary/aromatic N) is 1. The lowest BCUT2D eigenvalue weighted by Gasteiger charge is -2.14. The molecule has 3 rings (SSSR count). The van der Waals surface area contributed by atoms with Crippen molar-refractivity contribution in [3.63, 3.8) is 0 Å². The van der Waals surface area contributed by atoms with Crippen molar-refractivity contribution in [2.75, 3.05) is 4.72 Å². The lowest BCUT2D eigenvalue weighted by atomic mass is 10.1. The van der Waals surface area contributed by atoms with Crippen LogP contribution in [0.5, 0.6) is 0 Å². The molecule has 0 atom stereocenters. The molecule has 3 aromatic rings. The van der Waals surface area contributed by atoms with E-state index in [0.29, 0.717) is 11.3 Å². The molecule has 7 heteroatoms. The first kappa shape index (κ1) is 20.5. The van der Waals surface area contributed by atoms with E-state index in [2.05, 4.69) is 15.0 Å². The van der Waals surface area contributed by atoms with Crippen molar-refractivity contribution in [1.82, 2.24) is 10.3 Å². The molecule has 1 aromatic heterocycles. The summed E-state index contributed by atoms with van der Waals surface area (Å²) in [5, 5.41) is 2.76. The van der Waals surface area contributed by atoms with Crippen LogP contribution in [0.3, 0.4) is 0 Å². The minimum absolute atomic E-state index is 0.0722. The topological polar surface area (TPSA) is 88.2 Å². The molecule has 29 heavy (non-hydrogen) atoms. The standard InChI is InChI=1S/C22H23N3O3S/c1-15-7-10-20(17(3)12-15)25-29(27,28)21-13-18(9-8-16(21)2)22(26)24-14-19-6-4-5-11-23-19/h4-13,25H,14H2,1-3H3,(H,24,26). The summed E-state index contributed by atoms with van der Waals surface area (Å²) in [6, 6.07) is 15.6. The smallest absolute Gasteiger partial charge is 0.262 e. The second-order valence-electron chi connectivity index (χ2n) is 6.91. The average molecular weight is 410 g/mol. The minimum atomic E-state index is -3.84. The fourth-order valence-electron chi connectivity index (χ4n) is 2.93. The number of aromatic nitrogens is 1. The number of hydrogen-bond donors (Lipinski definition) is 2. The molecule has 0 aliphatic carbocycles. The highest BCUT2D eigenvalue weighted by atomic mass is 32.2. The fraction of sp³-hybridized carbons (Fsp3) is 0.182. The summed E-state index contributed by atoms with van der Waals surface area (Å²) in [4.78, 5) is 16.7. The van der Waals surface area contributed by atoms with Crippen LogP contribution < -0.4 is 10.0 Å². The number of nitrogens with one attached hydrogen (secondary N) is 2. The van der Waals surface area contributed by atoms with Gasteiger partial charge in [0.05, 0.1) is 22.8 Å². The molecule has 0 aliphatic heterocycles. The molecule has 2 N–H and O–H groups in total. The van der Waals surface area contributed by atoms with Gasteiger partial charge in [-0.15, -0.1) is 0 Å². The highest BCUT2D eigenvalue weighted by Gasteiger charge is 2.20. The number of amides is 1. The molecular formula is C22H23N3O3S. The first-order valence-electron chi connectivity index (χ1n) is 9.15. The van der Waals surface area contributed by atoms with Gasteiger partial charge in [-0.1, -0.05) is 29.8 Å². The maximum Gasteiger partial charge on any atom is 0.262 e. The van der Waals surface area contributed by atoms with Crippen LogP contribution in [0.4, 0.5) is 5.69 Å². The lowest BCUT2D eigenvalue weighted by molar-refractivity contribution is 0.0950. The van der Waals surface area contributed by atoms with Gasteiger partial charge >= 0.3 is 0 Å². The second kappa shape index (κ2) is 8.45. The van der Waals surface area contributed by atoms with Crippen LogP contribution >= 0.6 is 0 Å². The largest absolute Gasteiger partial charge is 0.346 e. The van der Waals surface area contributed by atoms with Crippen LogP contribution in [0.2, 0.25) is 0 Å². The van der Waals surface area contributed by atoms with E-state index in [1.165, 1.54) is 6.07 Å². The summed E-state index contributed by atoms with van der Waals surface area (Å²) in [6.07, 6.45) is 1.65. The summed E-state index contributed by atoms with van der Waals surface area (Å²) in [5.41, 5.74) is 3.94. The Balaban J connectivity index is 1.83. The van der Waals surface area contributed by atoms with E-state index in [-0.39, 0.29) is 22.9 Å². The molecule has 0 aliphatic rings. The zero-order valence-corrected chi connectivity index (χ0v) is 17.4. The van der Waals surface area contributed by atoms with Gasteiger partial charge in [0.2, 0.25) is 0 Å². The number of sulfonamides is 1. The molecule has 0 spiro atoms. The molecule has 0 unspecified atom stereocenters. The van der Waals surface area contributed by atoms with E-state index < -0.39 is 10.0 Å². The van der Waals surface area contributed by atoms with Gasteiger partial charge in [-0.2, -0.15) is 0 Å². The Morgan fingerprint density at radius 3 is 2.45 bits per heavy atom. The number of aryl methyl sites for hydroxylation is 3. The fourth-order valence-corrected chi connectivity index (χ4v) is 4.34. The molecule has 0 bridgehead atoms. The van der Waals surface area contributed by atoms with Crippen molar-refractivity contribution >= 4 is 21.6 Å². The highest BCUT2D eigenvalue weighted by molar-refractivity contribution is 7.92. The van der Waals surface area contributed by atoms with E-state index in [1.54, 1.807) is 43.5 Å². The third-order valence-electron chi connectivity index (χ3n) is 4.52. The Kier molecular flexibility index (Phi) is 5.98. The van der Waals surface area contributed by atoms with Crippen molar-refractivity contribution in [2.24, 2.45) is 0 Å². The Hall–Kier alpha value is -3.19. The van der Waals surface area contributed by atoms with Crippen molar-refractivity contribution in [2.45, 2.75) is 32.2 Å². The Bertz CT molecular complexity index is 1140. The van der Waals surface area contributed by atoms with Crippen LogP contribution in [0.1, 0.15) is 32.7 Å². The van der Waals surface area contributed by atoms with Gasteiger partial charge in [-0.25, -0.2) is 8.42 Å². The first-order chi connectivity index (χ1) is 13.8. The monoisotopic (exact) mass is 409 g/mol. The van der Waals surface area contributed by atoms with Gasteiger partial charge in [-0.05, 0) is 62.2 Å². The molecule has 0 radical (unpaired) electrons. The second-order valence-corrected chi connectivity index (χ2v) is 8.56. The number of carbonyl (C=O) groups excluding carboxylic acids is 1. The Labute approximate surface area is 171 Å². The number of anilines is 1. The highest BCUT2D eigenvalue weighted by Crippen LogP contribution is 2.23. The number of benzene rings is 2. The third kappa shape index (κ3) is 5.00. The predicted molar refractivity (Wildman–Crippen MR) is 113 cm³/mol. The molecule has 0 saturated heterocycles. The van der Waals surface area contributed by atoms with Gasteiger partial charge in [0.25, 0.3) is 15.9 Å². The van der Waals surface area contributed by atoms with Crippen LogP contribution in [-0.4, -0.2) is 19.3 Å². The first-order valence-corrected chi connectivity index (χ1v) is 10.6. The predicted octanol–water partition coefficient (Wildman–Crippen LogP) is 3.74. The molecule has 0 fully saturated rings. The van der Waals surface area contributed by atoms with Crippen LogP contribution in [-0.2, 0) is 16.6 Å². The number of carbonyl (C=O) groups is 1. The van der Waals surface area contributed by atoms with Gasteiger partial charge in [0, 0.05) is 11.8 Å². The summed E-state index contributed by atoms with van der Waals surface area (Å²) < 4.78 is 28.5. The molecule has 1 amide bonds. The average Bonchev–Trinajstić information content (AvgIpc) is 2.69. The van der Waals surface area contributed by atoms with Crippen molar-refractivity contribution in [3.8, 4) is 0 Å². The number of rotatable bonds is 6. The summed E-state index contributed by atoms with van der Waals surface area (Å²) in [5.74, 6) is -0.362. The third-order valence-corrected chi connectivity index (χ3v) is 6.03. The summed E-state index contributed by atoms with van der Waals surface area (Å²) in [7, 11) is -3.84. The minimum Gasteiger partial charge on any atom is -0.346 e. The quantitative estimate of drug-likeness (QED) is 0.649. The molecule has 1 heterocycles. The van der Waals surface area contributed by atoms with E-state index in [4.69, 9.17) is 0 Å². The maximum atomic E-state index is 13.0. The van der Waals surface area contributed by atoms with Crippen LogP contribution in [0.25, 0.3) is 0 Å². The lowest BCUT2D eigenvalue weighted by Crippen LogP contribution is -2.24. The Morgan fingerprint density at radius 2 is 1.76 bits per heavy atom. The van der Waals surface area contributed by atoms with Gasteiger partial charge < -0.3 is 5.32 Å². The van der Waals surface area contributed by atoms with E-state index >= 15 is 0 Å². The number of hydrogen-bond acceptors (Lipinski definition) is 4. The summed E-state index contributed by atoms with van der Waals surface area (Å²) >= 11 is 0. The number of pyridine rings is 1. The molecule has 2 aromatic carbocycles. The van der Waals surface area contributed by atoms with Gasteiger partial charge in [0.15, 0.2) is 0 Å². The van der Waals surface area contributed by atoms with Gasteiger partial charge in [-0.3, -0.25) is 14.5 Å². The van der Waals surface area contributed by atoms with E-state index in [1.807, 2.05) is 32.0 Å². The van der Waals surface area contributed by atoms with Crippen molar-refractivity contribution < 1.29 is 13.2 Å². The van der Waals surface area contributed by atoms with Crippen molar-refractivity contribution in [3.05, 3.63) is 88.7 Å². The normalized spacial score (nSPS) is 11.1. The SMILES string of the molecule is Cc1ccc(NS(=O)(=O)c2cc(C(=O)NCc3ccccn3)ccc2C)c(C)c1. The zero-order valence-electron chi connectivity index (χ0n) is 16.6.